The molecule has 1 amide bonds. The number of hydrogen-bond donors (Lipinski definition) is 3. The first-order valence-electron chi connectivity index (χ1n) is 5.78. The topological polar surface area (TPSA) is 61.4 Å². The van der Waals surface area contributed by atoms with Gasteiger partial charge in [0.25, 0.3) is 0 Å². The lowest BCUT2D eigenvalue weighted by molar-refractivity contribution is -0.117. The van der Waals surface area contributed by atoms with Crippen molar-refractivity contribution in [2.24, 2.45) is 0 Å². The lowest BCUT2D eigenvalue weighted by Crippen LogP contribution is -2.41. The van der Waals surface area contributed by atoms with Crippen molar-refractivity contribution in [3.05, 3.63) is 29.8 Å². The number of benzene rings is 1. The zero-order chi connectivity index (χ0) is 12.8. The van der Waals surface area contributed by atoms with Crippen LogP contribution < -0.4 is 10.6 Å². The molecule has 4 nitrogen and oxygen atoms in total. The van der Waals surface area contributed by atoms with E-state index < -0.39 is 6.10 Å². The van der Waals surface area contributed by atoms with Crippen LogP contribution in [0, 0.1) is 6.92 Å². The Hall–Kier alpha value is -1.39. The van der Waals surface area contributed by atoms with E-state index in [1.54, 1.807) is 13.8 Å². The molecule has 0 heterocycles. The second-order valence-electron chi connectivity index (χ2n) is 4.33. The van der Waals surface area contributed by atoms with Gasteiger partial charge in [-0.25, -0.2) is 0 Å². The normalized spacial score (nSPS) is 14.1. The average Bonchev–Trinajstić information content (AvgIpc) is 2.28. The van der Waals surface area contributed by atoms with Crippen molar-refractivity contribution in [3.63, 3.8) is 0 Å². The molecule has 3 N–H and O–H groups in total. The number of rotatable bonds is 5. The van der Waals surface area contributed by atoms with Gasteiger partial charge in [0, 0.05) is 12.2 Å². The number of anilines is 1. The van der Waals surface area contributed by atoms with Crippen molar-refractivity contribution in [1.29, 1.82) is 0 Å². The summed E-state index contributed by atoms with van der Waals surface area (Å²) in [5.41, 5.74) is 1.94. The maximum atomic E-state index is 11.8. The molecule has 0 fully saturated rings. The molecular formula is C13H20N2O2. The third kappa shape index (κ3) is 4.97. The van der Waals surface area contributed by atoms with E-state index in [0.717, 1.165) is 11.3 Å². The second-order valence-corrected chi connectivity index (χ2v) is 4.33. The molecule has 0 unspecified atom stereocenters. The quantitative estimate of drug-likeness (QED) is 0.722. The van der Waals surface area contributed by atoms with E-state index in [0.29, 0.717) is 6.54 Å². The van der Waals surface area contributed by atoms with Crippen molar-refractivity contribution < 1.29 is 9.90 Å². The number of aryl methyl sites for hydroxylation is 1. The minimum atomic E-state index is -0.454. The molecule has 0 aliphatic heterocycles. The fourth-order valence-electron chi connectivity index (χ4n) is 1.33. The molecular weight excluding hydrogens is 216 g/mol. The van der Waals surface area contributed by atoms with Crippen molar-refractivity contribution in [3.8, 4) is 0 Å². The summed E-state index contributed by atoms with van der Waals surface area (Å²) in [7, 11) is 0. The fraction of sp³-hybridized carbons (Fsp3) is 0.462. The Morgan fingerprint density at radius 2 is 1.88 bits per heavy atom. The average molecular weight is 236 g/mol. The van der Waals surface area contributed by atoms with Crippen LogP contribution in [-0.4, -0.2) is 29.7 Å². The lowest BCUT2D eigenvalue weighted by atomic mass is 10.2. The van der Waals surface area contributed by atoms with Crippen LogP contribution in [0.1, 0.15) is 19.4 Å². The first-order chi connectivity index (χ1) is 7.99. The van der Waals surface area contributed by atoms with E-state index in [9.17, 15) is 4.79 Å². The largest absolute Gasteiger partial charge is 0.392 e. The number of carbonyl (C=O) groups excluding carboxylic acids is 1. The number of aliphatic hydroxyl groups is 1. The van der Waals surface area contributed by atoms with Crippen molar-refractivity contribution in [2.75, 3.05) is 11.9 Å². The minimum Gasteiger partial charge on any atom is -0.392 e. The molecule has 17 heavy (non-hydrogen) atoms. The second kappa shape index (κ2) is 6.37. The van der Waals surface area contributed by atoms with E-state index in [4.69, 9.17) is 5.11 Å². The zero-order valence-electron chi connectivity index (χ0n) is 10.5. The predicted octanol–water partition coefficient (Wildman–Crippen LogP) is 1.29. The molecule has 0 aromatic heterocycles. The first-order valence-corrected chi connectivity index (χ1v) is 5.78. The van der Waals surface area contributed by atoms with Gasteiger partial charge in [-0.05, 0) is 32.9 Å². The van der Waals surface area contributed by atoms with Gasteiger partial charge in [0.1, 0.15) is 0 Å². The number of hydrogen-bond acceptors (Lipinski definition) is 3. The highest BCUT2D eigenvalue weighted by molar-refractivity contribution is 5.94. The maximum absolute atomic E-state index is 11.8. The van der Waals surface area contributed by atoms with Crippen molar-refractivity contribution in [2.45, 2.75) is 32.9 Å². The van der Waals surface area contributed by atoms with Crippen LogP contribution in [0.5, 0.6) is 0 Å². The Bertz CT molecular complexity index is 360. The molecule has 0 saturated heterocycles. The molecule has 2 atom stereocenters. The summed E-state index contributed by atoms with van der Waals surface area (Å²) in [5, 5.41) is 14.9. The Kier molecular flexibility index (Phi) is 5.12. The zero-order valence-corrected chi connectivity index (χ0v) is 10.5. The monoisotopic (exact) mass is 236 g/mol. The van der Waals surface area contributed by atoms with E-state index in [1.165, 1.54) is 0 Å². The number of carbonyl (C=O) groups is 1. The van der Waals surface area contributed by atoms with Gasteiger partial charge in [-0.3, -0.25) is 4.79 Å². The molecule has 94 valence electrons. The molecule has 1 rings (SSSR count). The highest BCUT2D eigenvalue weighted by Gasteiger charge is 2.12. The lowest BCUT2D eigenvalue weighted by Gasteiger charge is -2.15. The number of amides is 1. The van der Waals surface area contributed by atoms with Crippen LogP contribution in [0.15, 0.2) is 24.3 Å². The summed E-state index contributed by atoms with van der Waals surface area (Å²) in [4.78, 5) is 11.8. The Labute approximate surface area is 102 Å². The summed E-state index contributed by atoms with van der Waals surface area (Å²) in [6, 6.07) is 7.31. The molecule has 0 radical (unpaired) electrons. The molecule has 1 aromatic rings. The van der Waals surface area contributed by atoms with Crippen LogP contribution >= 0.6 is 0 Å². The van der Waals surface area contributed by atoms with Gasteiger partial charge in [0.15, 0.2) is 0 Å². The van der Waals surface area contributed by atoms with Crippen LogP contribution in [0.25, 0.3) is 0 Å². The third-order valence-corrected chi connectivity index (χ3v) is 2.43. The number of nitrogens with one attached hydrogen (secondary N) is 2. The first kappa shape index (κ1) is 13.7. The summed E-state index contributed by atoms with van der Waals surface area (Å²) in [6.07, 6.45) is -0.454. The van der Waals surface area contributed by atoms with Crippen LogP contribution in [0.2, 0.25) is 0 Å². The van der Waals surface area contributed by atoms with Crippen molar-refractivity contribution in [1.82, 2.24) is 5.32 Å². The smallest absolute Gasteiger partial charge is 0.241 e. The SMILES string of the molecule is Cc1ccc(NC(=O)[C@@H](C)NC[C@@H](C)O)cc1. The summed E-state index contributed by atoms with van der Waals surface area (Å²) in [6.45, 7) is 5.85. The third-order valence-electron chi connectivity index (χ3n) is 2.43. The van der Waals surface area contributed by atoms with Gasteiger partial charge in [-0.15, -0.1) is 0 Å². The molecule has 0 aliphatic carbocycles. The van der Waals surface area contributed by atoms with Crippen LogP contribution in [0.3, 0.4) is 0 Å². The van der Waals surface area contributed by atoms with Crippen molar-refractivity contribution >= 4 is 11.6 Å². The molecule has 0 bridgehead atoms. The van der Waals surface area contributed by atoms with Gasteiger partial charge in [-0.2, -0.15) is 0 Å². The van der Waals surface area contributed by atoms with E-state index in [1.807, 2.05) is 31.2 Å². The molecule has 0 saturated carbocycles. The highest BCUT2D eigenvalue weighted by Crippen LogP contribution is 2.08. The van der Waals surface area contributed by atoms with Crippen LogP contribution in [-0.2, 0) is 4.79 Å². The summed E-state index contributed by atoms with van der Waals surface area (Å²) < 4.78 is 0. The Balaban J connectivity index is 2.45. The highest BCUT2D eigenvalue weighted by atomic mass is 16.3. The molecule has 1 aromatic carbocycles. The molecule has 0 spiro atoms. The Morgan fingerprint density at radius 3 is 2.41 bits per heavy atom. The van der Waals surface area contributed by atoms with Gasteiger partial charge in [0.2, 0.25) is 5.91 Å². The van der Waals surface area contributed by atoms with Gasteiger partial charge in [0.05, 0.1) is 12.1 Å². The van der Waals surface area contributed by atoms with E-state index in [-0.39, 0.29) is 11.9 Å². The van der Waals surface area contributed by atoms with Gasteiger partial charge in [-0.1, -0.05) is 17.7 Å². The summed E-state index contributed by atoms with van der Waals surface area (Å²) in [5.74, 6) is -0.102. The standard InChI is InChI=1S/C13H20N2O2/c1-9-4-6-12(7-5-9)15-13(17)11(3)14-8-10(2)16/h4-7,10-11,14,16H,8H2,1-3H3,(H,15,17)/t10-,11-/m1/s1. The Morgan fingerprint density at radius 1 is 1.29 bits per heavy atom. The van der Waals surface area contributed by atoms with Crippen LogP contribution in [0.4, 0.5) is 5.69 Å². The molecule has 0 aliphatic rings. The number of aliphatic hydroxyl groups excluding tert-OH is 1. The molecule has 4 heteroatoms. The minimum absolute atomic E-state index is 0.102. The fourth-order valence-corrected chi connectivity index (χ4v) is 1.33. The van der Waals surface area contributed by atoms with Gasteiger partial charge >= 0.3 is 0 Å². The summed E-state index contributed by atoms with van der Waals surface area (Å²) >= 11 is 0. The predicted molar refractivity (Wildman–Crippen MR) is 69.0 cm³/mol. The van der Waals surface area contributed by atoms with E-state index >= 15 is 0 Å². The van der Waals surface area contributed by atoms with E-state index in [2.05, 4.69) is 10.6 Å². The maximum Gasteiger partial charge on any atom is 0.241 e. The van der Waals surface area contributed by atoms with Gasteiger partial charge < -0.3 is 15.7 Å².